The third-order valence-corrected chi connectivity index (χ3v) is 3.65. The van der Waals surface area contributed by atoms with Crippen LogP contribution in [0.3, 0.4) is 0 Å². The molecule has 7 heteroatoms. The molecule has 1 aromatic heterocycles. The van der Waals surface area contributed by atoms with Crippen LogP contribution in [0.1, 0.15) is 22.9 Å². The van der Waals surface area contributed by atoms with Gasteiger partial charge in [0.25, 0.3) is 0 Å². The van der Waals surface area contributed by atoms with Crippen molar-refractivity contribution in [2.75, 3.05) is 14.2 Å². The second kappa shape index (κ2) is 7.88. The number of hydrogen-bond donors (Lipinski definition) is 1. The predicted molar refractivity (Wildman–Crippen MR) is 91.4 cm³/mol. The number of nitrogens with zero attached hydrogens (tertiary/aromatic N) is 1. The zero-order chi connectivity index (χ0) is 17.7. The molecule has 0 unspecified atom stereocenters. The minimum atomic E-state index is -0.269. The number of aromatic nitrogens is 1. The summed E-state index contributed by atoms with van der Waals surface area (Å²) in [5.41, 5.74) is 1.53. The summed E-state index contributed by atoms with van der Waals surface area (Å²) in [6.45, 7) is 3.91. The number of benzene rings is 1. The first kappa shape index (κ1) is 17.9. The molecule has 0 aliphatic carbocycles. The lowest BCUT2D eigenvalue weighted by atomic mass is 10.2. The number of methoxy groups -OCH3 is 2. The highest BCUT2D eigenvalue weighted by Crippen LogP contribution is 2.36. The van der Waals surface area contributed by atoms with Crippen molar-refractivity contribution in [2.45, 2.75) is 20.4 Å². The first-order chi connectivity index (χ1) is 11.4. The van der Waals surface area contributed by atoms with Gasteiger partial charge in [0.2, 0.25) is 11.8 Å². The fourth-order valence-corrected chi connectivity index (χ4v) is 2.34. The van der Waals surface area contributed by atoms with E-state index in [9.17, 15) is 4.79 Å². The Kier molecular flexibility index (Phi) is 5.87. The smallest absolute Gasteiger partial charge is 0.244 e. The van der Waals surface area contributed by atoms with E-state index in [1.54, 1.807) is 18.2 Å². The van der Waals surface area contributed by atoms with Gasteiger partial charge in [-0.15, -0.1) is 0 Å². The van der Waals surface area contributed by atoms with Crippen molar-refractivity contribution in [1.82, 2.24) is 10.3 Å². The average molecular weight is 351 g/mol. The quantitative estimate of drug-likeness (QED) is 0.809. The highest BCUT2D eigenvalue weighted by Gasteiger charge is 2.10. The molecule has 6 nitrogen and oxygen atoms in total. The van der Waals surface area contributed by atoms with Crippen LogP contribution < -0.4 is 14.8 Å². The van der Waals surface area contributed by atoms with Crippen LogP contribution >= 0.6 is 11.6 Å². The Balaban J connectivity index is 2.02. The first-order valence-electron chi connectivity index (χ1n) is 7.25. The van der Waals surface area contributed by atoms with Crippen LogP contribution in [0.5, 0.6) is 11.5 Å². The van der Waals surface area contributed by atoms with Crippen LogP contribution in [-0.4, -0.2) is 25.1 Å². The molecule has 0 fully saturated rings. The van der Waals surface area contributed by atoms with Crippen molar-refractivity contribution in [2.24, 2.45) is 0 Å². The number of carbonyl (C=O) groups is 1. The Morgan fingerprint density at radius 1 is 1.33 bits per heavy atom. The normalized spacial score (nSPS) is 10.9. The molecule has 1 aromatic carbocycles. The molecule has 0 atom stereocenters. The summed E-state index contributed by atoms with van der Waals surface area (Å²) in [5, 5.41) is 3.11. The number of aryl methyl sites for hydroxylation is 2. The molecule has 0 aliphatic heterocycles. The zero-order valence-corrected chi connectivity index (χ0v) is 14.7. The van der Waals surface area contributed by atoms with E-state index >= 15 is 0 Å². The summed E-state index contributed by atoms with van der Waals surface area (Å²) in [7, 11) is 3.04. The maximum absolute atomic E-state index is 11.9. The van der Waals surface area contributed by atoms with Crippen molar-refractivity contribution in [3.63, 3.8) is 0 Å². The molecule has 2 rings (SSSR count). The fourth-order valence-electron chi connectivity index (χ4n) is 2.04. The highest BCUT2D eigenvalue weighted by atomic mass is 35.5. The average Bonchev–Trinajstić information content (AvgIpc) is 2.88. The Bertz CT molecular complexity index is 749. The first-order valence-corrected chi connectivity index (χ1v) is 7.62. The molecular formula is C17H19ClN2O4. The van der Waals surface area contributed by atoms with Gasteiger partial charge in [0, 0.05) is 6.08 Å². The summed E-state index contributed by atoms with van der Waals surface area (Å²) in [5.74, 6) is 1.90. The van der Waals surface area contributed by atoms with Crippen LogP contribution in [0.2, 0.25) is 5.02 Å². The van der Waals surface area contributed by atoms with E-state index in [4.69, 9.17) is 25.5 Å². The summed E-state index contributed by atoms with van der Waals surface area (Å²) < 4.78 is 15.8. The van der Waals surface area contributed by atoms with Gasteiger partial charge in [-0.3, -0.25) is 4.79 Å². The van der Waals surface area contributed by atoms with Gasteiger partial charge in [0.05, 0.1) is 31.5 Å². The number of carbonyl (C=O) groups excluding carboxylic acids is 1. The standard InChI is InChI=1S/C17H19ClN2O4/c1-10-11(2)24-16(20-10)9-19-15(21)6-5-12-7-13(18)17(23-4)14(8-12)22-3/h5-8H,9H2,1-4H3,(H,19,21). The molecule has 0 spiro atoms. The summed E-state index contributed by atoms with van der Waals surface area (Å²) in [6, 6.07) is 3.42. The SMILES string of the molecule is COc1cc(C=CC(=O)NCc2nc(C)c(C)o2)cc(Cl)c1OC. The van der Waals surface area contributed by atoms with Gasteiger partial charge in [0.1, 0.15) is 5.76 Å². The van der Waals surface area contributed by atoms with E-state index < -0.39 is 0 Å². The minimum absolute atomic E-state index is 0.227. The number of hydrogen-bond acceptors (Lipinski definition) is 5. The van der Waals surface area contributed by atoms with Crippen LogP contribution in [0.15, 0.2) is 22.6 Å². The van der Waals surface area contributed by atoms with Gasteiger partial charge in [-0.25, -0.2) is 4.98 Å². The number of amides is 1. The molecule has 0 radical (unpaired) electrons. The van der Waals surface area contributed by atoms with Crippen LogP contribution in [0, 0.1) is 13.8 Å². The van der Waals surface area contributed by atoms with E-state index in [0.29, 0.717) is 22.4 Å². The molecular weight excluding hydrogens is 332 g/mol. The summed E-state index contributed by atoms with van der Waals surface area (Å²) in [6.07, 6.45) is 3.04. The lowest BCUT2D eigenvalue weighted by Gasteiger charge is -2.10. The van der Waals surface area contributed by atoms with E-state index in [1.165, 1.54) is 20.3 Å². The number of rotatable bonds is 6. The number of halogens is 1. The second-order valence-corrected chi connectivity index (χ2v) is 5.45. The van der Waals surface area contributed by atoms with Crippen molar-refractivity contribution in [3.8, 4) is 11.5 Å². The summed E-state index contributed by atoms with van der Waals surface area (Å²) in [4.78, 5) is 16.1. The van der Waals surface area contributed by atoms with E-state index in [0.717, 1.165) is 17.0 Å². The van der Waals surface area contributed by atoms with Gasteiger partial charge >= 0.3 is 0 Å². The number of nitrogens with one attached hydrogen (secondary N) is 1. The van der Waals surface area contributed by atoms with Crippen LogP contribution in [0.25, 0.3) is 6.08 Å². The monoisotopic (exact) mass is 350 g/mol. The molecule has 1 amide bonds. The van der Waals surface area contributed by atoms with Gasteiger partial charge in [-0.2, -0.15) is 0 Å². The van der Waals surface area contributed by atoms with Gasteiger partial charge in [-0.1, -0.05) is 11.6 Å². The largest absolute Gasteiger partial charge is 0.493 e. The highest BCUT2D eigenvalue weighted by molar-refractivity contribution is 6.32. The molecule has 2 aromatic rings. The third-order valence-electron chi connectivity index (χ3n) is 3.37. The Morgan fingerprint density at radius 3 is 2.67 bits per heavy atom. The van der Waals surface area contributed by atoms with E-state index in [1.807, 2.05) is 13.8 Å². The van der Waals surface area contributed by atoms with Gasteiger partial charge in [0.15, 0.2) is 11.5 Å². The van der Waals surface area contributed by atoms with Crippen molar-refractivity contribution in [1.29, 1.82) is 0 Å². The van der Waals surface area contributed by atoms with Crippen molar-refractivity contribution < 1.29 is 18.7 Å². The molecule has 0 bridgehead atoms. The number of ether oxygens (including phenoxy) is 2. The molecule has 0 saturated heterocycles. The Morgan fingerprint density at radius 2 is 2.08 bits per heavy atom. The lowest BCUT2D eigenvalue weighted by Crippen LogP contribution is -2.20. The second-order valence-electron chi connectivity index (χ2n) is 5.04. The van der Waals surface area contributed by atoms with E-state index in [2.05, 4.69) is 10.3 Å². The molecule has 128 valence electrons. The summed E-state index contributed by atoms with van der Waals surface area (Å²) >= 11 is 6.13. The molecule has 1 N–H and O–H groups in total. The fraction of sp³-hybridized carbons (Fsp3) is 0.294. The van der Waals surface area contributed by atoms with Crippen LogP contribution in [-0.2, 0) is 11.3 Å². The topological polar surface area (TPSA) is 73.6 Å². The Labute approximate surface area is 145 Å². The van der Waals surface area contributed by atoms with Crippen molar-refractivity contribution in [3.05, 3.63) is 46.1 Å². The number of oxazole rings is 1. The molecule has 0 aliphatic rings. The lowest BCUT2D eigenvalue weighted by molar-refractivity contribution is -0.116. The maximum atomic E-state index is 11.9. The molecule has 1 heterocycles. The van der Waals surface area contributed by atoms with Gasteiger partial charge < -0.3 is 19.2 Å². The predicted octanol–water partition coefficient (Wildman–Crippen LogP) is 3.29. The van der Waals surface area contributed by atoms with Gasteiger partial charge in [-0.05, 0) is 37.6 Å². The maximum Gasteiger partial charge on any atom is 0.244 e. The van der Waals surface area contributed by atoms with E-state index in [-0.39, 0.29) is 12.5 Å². The molecule has 0 saturated carbocycles. The zero-order valence-electron chi connectivity index (χ0n) is 14.0. The minimum Gasteiger partial charge on any atom is -0.493 e. The molecule has 24 heavy (non-hydrogen) atoms. The van der Waals surface area contributed by atoms with Crippen molar-refractivity contribution >= 4 is 23.6 Å². The third kappa shape index (κ3) is 4.29. The van der Waals surface area contributed by atoms with Crippen LogP contribution in [0.4, 0.5) is 0 Å². The Hall–Kier alpha value is -2.47.